The van der Waals surface area contributed by atoms with Gasteiger partial charge in [-0.15, -0.1) is 0 Å². The van der Waals surface area contributed by atoms with Crippen LogP contribution in [0, 0.1) is 5.92 Å². The molecular weight excluding hydrogens is 220 g/mol. The fourth-order valence-electron chi connectivity index (χ4n) is 3.14. The van der Waals surface area contributed by atoms with Gasteiger partial charge >= 0.3 is 5.97 Å². The van der Waals surface area contributed by atoms with E-state index in [2.05, 4.69) is 5.32 Å². The van der Waals surface area contributed by atoms with Crippen LogP contribution in [-0.4, -0.2) is 47.1 Å². The molecule has 2 fully saturated rings. The summed E-state index contributed by atoms with van der Waals surface area (Å²) in [6.45, 7) is 3.55. The van der Waals surface area contributed by atoms with E-state index in [4.69, 9.17) is 5.11 Å². The van der Waals surface area contributed by atoms with Crippen molar-refractivity contribution in [3.8, 4) is 0 Å². The van der Waals surface area contributed by atoms with E-state index in [1.807, 2.05) is 11.8 Å². The van der Waals surface area contributed by atoms with Crippen molar-refractivity contribution in [1.82, 2.24) is 10.2 Å². The van der Waals surface area contributed by atoms with E-state index in [0.29, 0.717) is 19.4 Å². The van der Waals surface area contributed by atoms with E-state index in [9.17, 15) is 9.59 Å². The van der Waals surface area contributed by atoms with Crippen LogP contribution < -0.4 is 5.32 Å². The minimum atomic E-state index is -0.748. The Morgan fingerprint density at radius 3 is 2.76 bits per heavy atom. The van der Waals surface area contributed by atoms with Crippen molar-refractivity contribution in [2.75, 3.05) is 13.1 Å². The van der Waals surface area contributed by atoms with Crippen LogP contribution in [0.25, 0.3) is 0 Å². The molecule has 0 spiro atoms. The van der Waals surface area contributed by atoms with Crippen LogP contribution in [-0.2, 0) is 9.59 Å². The molecule has 2 aliphatic heterocycles. The second-order valence-electron chi connectivity index (χ2n) is 4.88. The predicted octanol–water partition coefficient (Wildman–Crippen LogP) is 0.450. The number of amides is 1. The van der Waals surface area contributed by atoms with Crippen LogP contribution in [0.2, 0.25) is 0 Å². The normalized spacial score (nSPS) is 30.9. The first-order valence-electron chi connectivity index (χ1n) is 6.39. The first kappa shape index (κ1) is 12.4. The van der Waals surface area contributed by atoms with Gasteiger partial charge in [0.05, 0.1) is 5.92 Å². The number of fused-ring (bicyclic) bond motifs is 2. The largest absolute Gasteiger partial charge is 0.481 e. The van der Waals surface area contributed by atoms with Crippen LogP contribution in [0.3, 0.4) is 0 Å². The molecule has 0 saturated carbocycles. The standard InChI is InChI=1S/C12H20N2O3/c1-2-13-6-5-11(15)14-8-3-4-10(14)9(7-8)12(16)17/h8-10,13H,2-7H2,1H3,(H,16,17). The van der Waals surface area contributed by atoms with Gasteiger partial charge in [-0.25, -0.2) is 0 Å². The lowest BCUT2D eigenvalue weighted by molar-refractivity contribution is -0.143. The smallest absolute Gasteiger partial charge is 0.308 e. The van der Waals surface area contributed by atoms with Gasteiger partial charge in [0, 0.05) is 25.0 Å². The lowest BCUT2D eigenvalue weighted by Crippen LogP contribution is -2.39. The monoisotopic (exact) mass is 240 g/mol. The van der Waals surface area contributed by atoms with E-state index in [1.165, 1.54) is 0 Å². The van der Waals surface area contributed by atoms with Gasteiger partial charge in [-0.2, -0.15) is 0 Å². The van der Waals surface area contributed by atoms with Crippen molar-refractivity contribution in [3.05, 3.63) is 0 Å². The van der Waals surface area contributed by atoms with Crippen LogP contribution in [0.5, 0.6) is 0 Å². The van der Waals surface area contributed by atoms with Gasteiger partial charge in [0.1, 0.15) is 0 Å². The number of carboxylic acids is 1. The molecule has 2 aliphatic rings. The number of carbonyl (C=O) groups is 2. The number of aliphatic carboxylic acids is 1. The fourth-order valence-corrected chi connectivity index (χ4v) is 3.14. The lowest BCUT2D eigenvalue weighted by Gasteiger charge is -2.23. The number of hydrogen-bond acceptors (Lipinski definition) is 3. The second-order valence-corrected chi connectivity index (χ2v) is 4.88. The summed E-state index contributed by atoms with van der Waals surface area (Å²) in [6, 6.07) is 0.127. The number of rotatable bonds is 5. The molecule has 0 aromatic rings. The Morgan fingerprint density at radius 2 is 2.18 bits per heavy atom. The third-order valence-corrected chi connectivity index (χ3v) is 3.91. The second kappa shape index (κ2) is 5.04. The molecule has 0 radical (unpaired) electrons. The fraction of sp³-hybridized carbons (Fsp3) is 0.833. The molecule has 1 amide bonds. The van der Waals surface area contributed by atoms with Gasteiger partial charge in [-0.05, 0) is 25.8 Å². The summed E-state index contributed by atoms with van der Waals surface area (Å²) in [4.78, 5) is 25.0. The van der Waals surface area contributed by atoms with Crippen molar-refractivity contribution in [3.63, 3.8) is 0 Å². The molecule has 0 aliphatic carbocycles. The number of nitrogens with one attached hydrogen (secondary N) is 1. The zero-order chi connectivity index (χ0) is 12.4. The Morgan fingerprint density at radius 1 is 1.41 bits per heavy atom. The average molecular weight is 240 g/mol. The Balaban J connectivity index is 1.93. The number of carbonyl (C=O) groups excluding carboxylic acids is 1. The molecule has 5 heteroatoms. The Bertz CT molecular complexity index is 319. The maximum atomic E-state index is 12.0. The lowest BCUT2D eigenvalue weighted by atomic mass is 9.89. The SMILES string of the molecule is CCNCCC(=O)N1C2CCC1C(C(=O)O)C2. The third kappa shape index (κ3) is 2.29. The van der Waals surface area contributed by atoms with Crippen LogP contribution in [0.4, 0.5) is 0 Å². The Labute approximate surface area is 101 Å². The van der Waals surface area contributed by atoms with Gasteiger partial charge in [-0.1, -0.05) is 6.92 Å². The van der Waals surface area contributed by atoms with Crippen LogP contribution in [0.1, 0.15) is 32.6 Å². The molecule has 2 saturated heterocycles. The molecular formula is C12H20N2O3. The first-order valence-corrected chi connectivity index (χ1v) is 6.39. The van der Waals surface area contributed by atoms with Gasteiger partial charge in [0.2, 0.25) is 5.91 Å². The highest BCUT2D eigenvalue weighted by Crippen LogP contribution is 2.41. The van der Waals surface area contributed by atoms with E-state index < -0.39 is 5.97 Å². The summed E-state index contributed by atoms with van der Waals surface area (Å²) in [7, 11) is 0. The number of hydrogen-bond donors (Lipinski definition) is 2. The van der Waals surface area contributed by atoms with Gasteiger partial charge in [0.25, 0.3) is 0 Å². The first-order chi connectivity index (χ1) is 8.15. The van der Waals surface area contributed by atoms with Crippen LogP contribution >= 0.6 is 0 Å². The summed E-state index contributed by atoms with van der Waals surface area (Å²) in [5.74, 6) is -0.972. The van der Waals surface area contributed by atoms with Crippen molar-refractivity contribution in [2.45, 2.75) is 44.7 Å². The maximum Gasteiger partial charge on any atom is 0.308 e. The molecule has 5 nitrogen and oxygen atoms in total. The summed E-state index contributed by atoms with van der Waals surface area (Å²) in [5, 5.41) is 12.2. The van der Waals surface area contributed by atoms with Crippen molar-refractivity contribution >= 4 is 11.9 Å². The molecule has 2 bridgehead atoms. The summed E-state index contributed by atoms with van der Waals surface area (Å²) < 4.78 is 0. The van der Waals surface area contributed by atoms with Gasteiger partial charge < -0.3 is 15.3 Å². The Kier molecular flexibility index (Phi) is 3.66. The molecule has 17 heavy (non-hydrogen) atoms. The molecule has 96 valence electrons. The van der Waals surface area contributed by atoms with E-state index >= 15 is 0 Å². The molecule has 0 aromatic carbocycles. The van der Waals surface area contributed by atoms with Crippen LogP contribution in [0.15, 0.2) is 0 Å². The summed E-state index contributed by atoms with van der Waals surface area (Å²) in [5.41, 5.74) is 0. The minimum absolute atomic E-state index is 0.0494. The van der Waals surface area contributed by atoms with Crippen molar-refractivity contribution in [2.24, 2.45) is 5.92 Å². The zero-order valence-corrected chi connectivity index (χ0v) is 10.2. The average Bonchev–Trinajstić information content (AvgIpc) is 2.86. The highest BCUT2D eigenvalue weighted by atomic mass is 16.4. The quantitative estimate of drug-likeness (QED) is 0.685. The summed E-state index contributed by atoms with van der Waals surface area (Å²) >= 11 is 0. The van der Waals surface area contributed by atoms with Crippen molar-refractivity contribution < 1.29 is 14.7 Å². The summed E-state index contributed by atoms with van der Waals surface area (Å²) in [6.07, 6.45) is 2.95. The van der Waals surface area contributed by atoms with E-state index in [0.717, 1.165) is 19.4 Å². The van der Waals surface area contributed by atoms with E-state index in [-0.39, 0.29) is 23.9 Å². The predicted molar refractivity (Wildman–Crippen MR) is 62.6 cm³/mol. The van der Waals surface area contributed by atoms with Gasteiger partial charge in [-0.3, -0.25) is 9.59 Å². The zero-order valence-electron chi connectivity index (χ0n) is 10.2. The number of carboxylic acid groups (broad SMARTS) is 1. The molecule has 3 unspecified atom stereocenters. The third-order valence-electron chi connectivity index (χ3n) is 3.91. The van der Waals surface area contributed by atoms with E-state index in [1.54, 1.807) is 0 Å². The molecule has 2 rings (SSSR count). The highest BCUT2D eigenvalue weighted by Gasteiger charge is 2.50. The minimum Gasteiger partial charge on any atom is -0.481 e. The van der Waals surface area contributed by atoms with Gasteiger partial charge in [0.15, 0.2) is 0 Å². The maximum absolute atomic E-state index is 12.0. The Hall–Kier alpha value is -1.10. The molecule has 3 atom stereocenters. The molecule has 2 heterocycles. The molecule has 0 aromatic heterocycles. The topological polar surface area (TPSA) is 69.6 Å². The highest BCUT2D eigenvalue weighted by molar-refractivity contribution is 5.80. The number of nitrogens with zero attached hydrogens (tertiary/aromatic N) is 1. The van der Waals surface area contributed by atoms with Crippen molar-refractivity contribution in [1.29, 1.82) is 0 Å². The molecule has 2 N–H and O–H groups in total.